The summed E-state index contributed by atoms with van der Waals surface area (Å²) in [5, 5.41) is 1.09. The molecule has 1 aromatic heterocycles. The second kappa shape index (κ2) is 3.86. The summed E-state index contributed by atoms with van der Waals surface area (Å²) in [6, 6.07) is 5.81. The summed E-state index contributed by atoms with van der Waals surface area (Å²) in [5.41, 5.74) is 0. The zero-order valence-electron chi connectivity index (χ0n) is 7.41. The number of aldehydes is 1. The van der Waals surface area contributed by atoms with Crippen molar-refractivity contribution < 1.29 is 9.53 Å². The molecule has 0 aliphatic carbocycles. The number of fused-ring (bicyclic) bond motifs is 1. The fraction of sp³-hybridized carbons (Fsp3) is 0.100. The molecule has 0 spiro atoms. The highest BCUT2D eigenvalue weighted by atomic mass is 127. The minimum absolute atomic E-state index is 0.738. The Hall–Kier alpha value is -0.620. The maximum atomic E-state index is 10.7. The van der Waals surface area contributed by atoms with Crippen molar-refractivity contribution in [2.24, 2.45) is 0 Å². The van der Waals surface area contributed by atoms with Gasteiger partial charge in [0.2, 0.25) is 0 Å². The molecule has 0 atom stereocenters. The molecule has 0 amide bonds. The van der Waals surface area contributed by atoms with Gasteiger partial charge in [-0.3, -0.25) is 4.79 Å². The van der Waals surface area contributed by atoms with Crippen molar-refractivity contribution in [3.05, 3.63) is 26.6 Å². The van der Waals surface area contributed by atoms with Crippen LogP contribution in [-0.4, -0.2) is 13.4 Å². The third kappa shape index (κ3) is 1.52. The van der Waals surface area contributed by atoms with Gasteiger partial charge in [0.15, 0.2) is 6.29 Å². The van der Waals surface area contributed by atoms with E-state index in [1.54, 1.807) is 7.11 Å². The minimum Gasteiger partial charge on any atom is -0.495 e. The van der Waals surface area contributed by atoms with Gasteiger partial charge in [0.05, 0.1) is 16.7 Å². The molecule has 0 fully saturated rings. The second-order valence-corrected chi connectivity index (χ2v) is 5.01. The van der Waals surface area contributed by atoms with Crippen molar-refractivity contribution in [3.8, 4) is 5.75 Å². The van der Waals surface area contributed by atoms with E-state index in [1.807, 2.05) is 18.2 Å². The molecule has 4 heteroatoms. The summed E-state index contributed by atoms with van der Waals surface area (Å²) >= 11 is 3.72. The molecule has 0 aliphatic rings. The van der Waals surface area contributed by atoms with Crippen LogP contribution in [0.1, 0.15) is 9.67 Å². The van der Waals surface area contributed by atoms with Crippen molar-refractivity contribution >= 4 is 50.3 Å². The first-order valence-electron chi connectivity index (χ1n) is 3.97. The molecule has 1 aromatic carbocycles. The van der Waals surface area contributed by atoms with Gasteiger partial charge in [-0.25, -0.2) is 0 Å². The molecular weight excluding hydrogens is 311 g/mol. The molecule has 0 saturated carbocycles. The van der Waals surface area contributed by atoms with E-state index in [1.165, 1.54) is 11.3 Å². The lowest BCUT2D eigenvalue weighted by Gasteiger charge is -2.01. The number of carbonyl (C=O) groups is 1. The number of thiophene rings is 1. The van der Waals surface area contributed by atoms with Crippen molar-refractivity contribution in [2.75, 3.05) is 7.11 Å². The summed E-state index contributed by atoms with van der Waals surface area (Å²) in [6.45, 7) is 0. The minimum atomic E-state index is 0.738. The third-order valence-electron chi connectivity index (χ3n) is 1.95. The van der Waals surface area contributed by atoms with Crippen molar-refractivity contribution in [3.63, 3.8) is 0 Å². The fourth-order valence-corrected chi connectivity index (χ4v) is 3.08. The van der Waals surface area contributed by atoms with E-state index < -0.39 is 0 Å². The maximum Gasteiger partial charge on any atom is 0.160 e. The molecule has 0 unspecified atom stereocenters. The molecule has 0 aliphatic heterocycles. The SMILES string of the molecule is COc1ccc(I)c2cc(C=O)sc12. The van der Waals surface area contributed by atoms with Gasteiger partial charge in [-0.2, -0.15) is 0 Å². The van der Waals surface area contributed by atoms with Gasteiger partial charge in [-0.05, 0) is 40.8 Å². The average molecular weight is 318 g/mol. The van der Waals surface area contributed by atoms with Crippen LogP contribution < -0.4 is 4.74 Å². The summed E-state index contributed by atoms with van der Waals surface area (Å²) in [7, 11) is 1.64. The van der Waals surface area contributed by atoms with Crippen LogP contribution in [0.5, 0.6) is 5.75 Å². The Bertz CT molecular complexity index is 490. The molecule has 2 nitrogen and oxygen atoms in total. The van der Waals surface area contributed by atoms with Gasteiger partial charge in [-0.15, -0.1) is 11.3 Å². The summed E-state index contributed by atoms with van der Waals surface area (Å²) < 4.78 is 7.42. The molecule has 14 heavy (non-hydrogen) atoms. The summed E-state index contributed by atoms with van der Waals surface area (Å²) in [4.78, 5) is 11.4. The molecule has 72 valence electrons. The molecule has 0 radical (unpaired) electrons. The van der Waals surface area contributed by atoms with Crippen LogP contribution in [0.2, 0.25) is 0 Å². The smallest absolute Gasteiger partial charge is 0.160 e. The average Bonchev–Trinajstić information content (AvgIpc) is 2.63. The third-order valence-corrected chi connectivity index (χ3v) is 3.97. The molecule has 0 bridgehead atoms. The Kier molecular flexibility index (Phi) is 2.73. The monoisotopic (exact) mass is 318 g/mol. The first-order valence-corrected chi connectivity index (χ1v) is 5.87. The zero-order chi connectivity index (χ0) is 10.1. The number of halogens is 1. The largest absolute Gasteiger partial charge is 0.495 e. The van der Waals surface area contributed by atoms with Crippen LogP contribution in [0.3, 0.4) is 0 Å². The van der Waals surface area contributed by atoms with Gasteiger partial charge in [0.1, 0.15) is 5.75 Å². The highest BCUT2D eigenvalue weighted by Gasteiger charge is 2.08. The highest BCUT2D eigenvalue weighted by molar-refractivity contribution is 14.1. The normalized spacial score (nSPS) is 10.4. The lowest BCUT2D eigenvalue weighted by atomic mass is 10.2. The number of carbonyl (C=O) groups excluding carboxylic acids is 1. The van der Waals surface area contributed by atoms with E-state index in [0.717, 1.165) is 30.6 Å². The van der Waals surface area contributed by atoms with Crippen molar-refractivity contribution in [1.29, 1.82) is 0 Å². The van der Waals surface area contributed by atoms with E-state index >= 15 is 0 Å². The van der Waals surface area contributed by atoms with Crippen LogP contribution in [0.15, 0.2) is 18.2 Å². The molecule has 1 heterocycles. The number of hydrogen-bond donors (Lipinski definition) is 0. The van der Waals surface area contributed by atoms with Gasteiger partial charge < -0.3 is 4.74 Å². The molecule has 2 aromatic rings. The van der Waals surface area contributed by atoms with E-state index in [0.29, 0.717) is 0 Å². The van der Waals surface area contributed by atoms with Crippen LogP contribution >= 0.6 is 33.9 Å². The molecular formula is C10H7IO2S. The van der Waals surface area contributed by atoms with Crippen LogP contribution in [0.4, 0.5) is 0 Å². The number of hydrogen-bond acceptors (Lipinski definition) is 3. The van der Waals surface area contributed by atoms with Crippen molar-refractivity contribution in [1.82, 2.24) is 0 Å². The molecule has 2 rings (SSSR count). The molecule has 0 saturated heterocycles. The second-order valence-electron chi connectivity index (χ2n) is 2.76. The number of benzene rings is 1. The highest BCUT2D eigenvalue weighted by Crippen LogP contribution is 2.35. The Labute approximate surface area is 99.0 Å². The van der Waals surface area contributed by atoms with Crippen molar-refractivity contribution in [2.45, 2.75) is 0 Å². The predicted octanol–water partition coefficient (Wildman–Crippen LogP) is 3.33. The van der Waals surface area contributed by atoms with Gasteiger partial charge in [0.25, 0.3) is 0 Å². The quantitative estimate of drug-likeness (QED) is 0.627. The Morgan fingerprint density at radius 1 is 1.50 bits per heavy atom. The van der Waals surface area contributed by atoms with E-state index in [4.69, 9.17) is 4.74 Å². The standard InChI is InChI=1S/C10H7IO2S/c1-13-9-3-2-8(11)7-4-6(5-12)14-10(7)9/h2-5H,1H3. The first-order chi connectivity index (χ1) is 6.76. The fourth-order valence-electron chi connectivity index (χ4n) is 1.30. The van der Waals surface area contributed by atoms with E-state index in [-0.39, 0.29) is 0 Å². The number of methoxy groups -OCH3 is 1. The van der Waals surface area contributed by atoms with E-state index in [9.17, 15) is 4.79 Å². The van der Waals surface area contributed by atoms with Crippen LogP contribution in [0.25, 0.3) is 10.1 Å². The Morgan fingerprint density at radius 3 is 2.93 bits per heavy atom. The van der Waals surface area contributed by atoms with Gasteiger partial charge >= 0.3 is 0 Å². The summed E-state index contributed by atoms with van der Waals surface area (Å²) in [6.07, 6.45) is 0.875. The van der Waals surface area contributed by atoms with Gasteiger partial charge in [-0.1, -0.05) is 0 Å². The lowest BCUT2D eigenvalue weighted by molar-refractivity contribution is 0.112. The van der Waals surface area contributed by atoms with Crippen LogP contribution in [-0.2, 0) is 0 Å². The zero-order valence-corrected chi connectivity index (χ0v) is 10.4. The number of rotatable bonds is 2. The molecule has 0 N–H and O–H groups in total. The number of ether oxygens (including phenoxy) is 1. The van der Waals surface area contributed by atoms with Crippen LogP contribution in [0, 0.1) is 3.57 Å². The first kappa shape index (κ1) is 9.92. The Balaban J connectivity index is 2.81. The Morgan fingerprint density at radius 2 is 2.29 bits per heavy atom. The topological polar surface area (TPSA) is 26.3 Å². The van der Waals surface area contributed by atoms with E-state index in [2.05, 4.69) is 22.6 Å². The lowest BCUT2D eigenvalue weighted by Crippen LogP contribution is -1.82. The van der Waals surface area contributed by atoms with Gasteiger partial charge in [0, 0.05) is 8.96 Å². The summed E-state index contributed by atoms with van der Waals surface area (Å²) in [5.74, 6) is 0.832. The maximum absolute atomic E-state index is 10.7. The predicted molar refractivity (Wildman–Crippen MR) is 66.5 cm³/mol.